The van der Waals surface area contributed by atoms with Gasteiger partial charge in [-0.3, -0.25) is 21.1 Å². The molecule has 2 atom stereocenters. The first-order chi connectivity index (χ1) is 10.1. The van der Waals surface area contributed by atoms with Gasteiger partial charge in [-0.15, -0.1) is 0 Å². The van der Waals surface area contributed by atoms with E-state index in [4.69, 9.17) is 5.84 Å². The molecule has 0 saturated carbocycles. The Kier molecular flexibility index (Phi) is 4.56. The summed E-state index contributed by atoms with van der Waals surface area (Å²) in [5, 5.41) is 0. The van der Waals surface area contributed by atoms with E-state index in [1.54, 1.807) is 0 Å². The third-order valence-corrected chi connectivity index (χ3v) is 5.18. The highest BCUT2D eigenvalue weighted by molar-refractivity contribution is 9.10. The van der Waals surface area contributed by atoms with Crippen LogP contribution in [0.3, 0.4) is 0 Å². The summed E-state index contributed by atoms with van der Waals surface area (Å²) < 4.78 is 28.3. The Morgan fingerprint density at radius 1 is 1.29 bits per heavy atom. The molecule has 0 radical (unpaired) electrons. The van der Waals surface area contributed by atoms with Gasteiger partial charge in [0.25, 0.3) is 0 Å². The van der Waals surface area contributed by atoms with E-state index in [9.17, 15) is 8.78 Å². The van der Waals surface area contributed by atoms with Gasteiger partial charge in [-0.25, -0.2) is 8.78 Å². The molecule has 3 N–H and O–H groups in total. The van der Waals surface area contributed by atoms with Crippen LogP contribution in [0.5, 0.6) is 0 Å². The van der Waals surface area contributed by atoms with Crippen LogP contribution < -0.4 is 11.3 Å². The van der Waals surface area contributed by atoms with Crippen molar-refractivity contribution >= 4 is 15.9 Å². The number of hydrazine groups is 1. The highest BCUT2D eigenvalue weighted by atomic mass is 79.9. The minimum Gasteiger partial charge on any atom is -0.299 e. The molecule has 0 aromatic heterocycles. The van der Waals surface area contributed by atoms with E-state index in [1.807, 2.05) is 0 Å². The van der Waals surface area contributed by atoms with Gasteiger partial charge in [0.1, 0.15) is 11.6 Å². The van der Waals surface area contributed by atoms with Crippen LogP contribution in [-0.4, -0.2) is 54.6 Å². The predicted molar refractivity (Wildman–Crippen MR) is 80.7 cm³/mol. The third kappa shape index (κ3) is 2.98. The Balaban J connectivity index is 1.80. The van der Waals surface area contributed by atoms with Crippen molar-refractivity contribution in [2.75, 3.05) is 32.7 Å². The third-order valence-electron chi connectivity index (χ3n) is 4.56. The molecule has 7 heteroatoms. The molecule has 1 aromatic carbocycles. The molecule has 116 valence electrons. The summed E-state index contributed by atoms with van der Waals surface area (Å²) >= 11 is 3.11. The van der Waals surface area contributed by atoms with E-state index in [2.05, 4.69) is 31.2 Å². The summed E-state index contributed by atoms with van der Waals surface area (Å²) in [6, 6.07) is 2.69. The van der Waals surface area contributed by atoms with Crippen LogP contribution in [0.4, 0.5) is 8.78 Å². The van der Waals surface area contributed by atoms with Gasteiger partial charge in [-0.2, -0.15) is 0 Å². The van der Waals surface area contributed by atoms with Crippen molar-refractivity contribution < 1.29 is 8.78 Å². The zero-order valence-electron chi connectivity index (χ0n) is 11.7. The second-order valence-electron chi connectivity index (χ2n) is 5.70. The molecule has 3 aliphatic rings. The number of nitrogens with zero attached hydrogens (tertiary/aromatic N) is 2. The smallest absolute Gasteiger partial charge is 0.143 e. The molecular weight excluding hydrogens is 342 g/mol. The lowest BCUT2D eigenvalue weighted by atomic mass is 9.94. The molecule has 0 aliphatic carbocycles. The summed E-state index contributed by atoms with van der Waals surface area (Å²) in [6.45, 7) is 5.01. The standard InChI is InChI=1S/C14H19BrF2N4/c15-10-1-2-11(16)9(14(10)17)7-12(19-18)13-8-20-3-5-21(13)6-4-20/h1-2,12-13,19H,3-8,18H2. The molecule has 0 spiro atoms. The Morgan fingerprint density at radius 2 is 2.00 bits per heavy atom. The lowest BCUT2D eigenvalue weighted by Gasteiger charge is -2.50. The number of hydrogen-bond acceptors (Lipinski definition) is 4. The van der Waals surface area contributed by atoms with Crippen LogP contribution in [0.25, 0.3) is 0 Å². The summed E-state index contributed by atoms with van der Waals surface area (Å²) in [6.07, 6.45) is 0.239. The Morgan fingerprint density at radius 3 is 2.57 bits per heavy atom. The first kappa shape index (κ1) is 15.3. The lowest BCUT2D eigenvalue weighted by Crippen LogP contribution is -2.67. The lowest BCUT2D eigenvalue weighted by molar-refractivity contribution is -0.00336. The van der Waals surface area contributed by atoms with Gasteiger partial charge in [-0.1, -0.05) is 0 Å². The molecule has 3 saturated heterocycles. The monoisotopic (exact) mass is 360 g/mol. The Labute approximate surface area is 131 Å². The topological polar surface area (TPSA) is 44.5 Å². The van der Waals surface area contributed by atoms with Crippen LogP contribution >= 0.6 is 15.9 Å². The Hall–Kier alpha value is -0.600. The number of benzene rings is 1. The second kappa shape index (κ2) is 6.26. The highest BCUT2D eigenvalue weighted by Crippen LogP contribution is 2.25. The average molecular weight is 361 g/mol. The van der Waals surface area contributed by atoms with E-state index in [-0.39, 0.29) is 28.5 Å². The van der Waals surface area contributed by atoms with Crippen LogP contribution in [0, 0.1) is 11.6 Å². The molecule has 3 fully saturated rings. The minimum atomic E-state index is -0.536. The maximum atomic E-state index is 14.1. The van der Waals surface area contributed by atoms with Gasteiger partial charge in [-0.05, 0) is 34.5 Å². The van der Waals surface area contributed by atoms with Gasteiger partial charge in [0.05, 0.1) is 4.47 Å². The number of halogens is 3. The quantitative estimate of drug-likeness (QED) is 0.479. The molecule has 2 unspecified atom stereocenters. The number of nitrogens with two attached hydrogens (primary N) is 1. The zero-order chi connectivity index (χ0) is 15.0. The van der Waals surface area contributed by atoms with Gasteiger partial charge in [0.15, 0.2) is 0 Å². The summed E-state index contributed by atoms with van der Waals surface area (Å²) in [7, 11) is 0. The highest BCUT2D eigenvalue weighted by Gasteiger charge is 2.37. The normalized spacial score (nSPS) is 29.6. The summed E-state index contributed by atoms with van der Waals surface area (Å²) in [4.78, 5) is 4.74. The molecule has 3 aliphatic heterocycles. The maximum absolute atomic E-state index is 14.1. The molecule has 4 nitrogen and oxygen atoms in total. The molecule has 2 bridgehead atoms. The van der Waals surface area contributed by atoms with Crippen molar-refractivity contribution in [1.29, 1.82) is 0 Å². The summed E-state index contributed by atoms with van der Waals surface area (Å²) in [5.41, 5.74) is 2.85. The number of fused-ring (bicyclic) bond motifs is 3. The number of hydrogen-bond donors (Lipinski definition) is 2. The molecule has 1 aromatic rings. The van der Waals surface area contributed by atoms with E-state index in [1.165, 1.54) is 12.1 Å². The SMILES string of the molecule is NNC(Cc1c(F)ccc(Br)c1F)C1CN2CCN1CC2. The van der Waals surface area contributed by atoms with Crippen LogP contribution in [-0.2, 0) is 6.42 Å². The van der Waals surface area contributed by atoms with E-state index >= 15 is 0 Å². The van der Waals surface area contributed by atoms with Gasteiger partial charge in [0.2, 0.25) is 0 Å². The van der Waals surface area contributed by atoms with Crippen LogP contribution in [0.1, 0.15) is 5.56 Å². The Bertz CT molecular complexity index is 520. The van der Waals surface area contributed by atoms with Crippen molar-refractivity contribution in [2.24, 2.45) is 5.84 Å². The van der Waals surface area contributed by atoms with E-state index in [0.29, 0.717) is 0 Å². The number of nitrogens with one attached hydrogen (secondary N) is 1. The van der Waals surface area contributed by atoms with Crippen molar-refractivity contribution in [1.82, 2.24) is 15.2 Å². The molecule has 0 amide bonds. The summed E-state index contributed by atoms with van der Waals surface area (Å²) in [5.74, 6) is 4.61. The first-order valence-corrected chi connectivity index (χ1v) is 7.94. The van der Waals surface area contributed by atoms with Crippen LogP contribution in [0.2, 0.25) is 0 Å². The predicted octanol–water partition coefficient (Wildman–Crippen LogP) is 1.10. The van der Waals surface area contributed by atoms with Gasteiger partial charge >= 0.3 is 0 Å². The largest absolute Gasteiger partial charge is 0.299 e. The number of piperazine rings is 3. The molecular formula is C14H19BrF2N4. The zero-order valence-corrected chi connectivity index (χ0v) is 13.2. The fraction of sp³-hybridized carbons (Fsp3) is 0.571. The van der Waals surface area contributed by atoms with Crippen LogP contribution in [0.15, 0.2) is 16.6 Å². The number of rotatable bonds is 4. The van der Waals surface area contributed by atoms with Crippen molar-refractivity contribution in [3.8, 4) is 0 Å². The van der Waals surface area contributed by atoms with Gasteiger partial charge in [0, 0.05) is 50.4 Å². The molecule has 4 rings (SSSR count). The van der Waals surface area contributed by atoms with E-state index < -0.39 is 11.6 Å². The second-order valence-corrected chi connectivity index (χ2v) is 6.56. The fourth-order valence-electron chi connectivity index (χ4n) is 3.32. The first-order valence-electron chi connectivity index (χ1n) is 7.15. The molecule has 21 heavy (non-hydrogen) atoms. The minimum absolute atomic E-state index is 0.0879. The van der Waals surface area contributed by atoms with Crippen molar-refractivity contribution in [2.45, 2.75) is 18.5 Å². The van der Waals surface area contributed by atoms with Crippen molar-refractivity contribution in [3.63, 3.8) is 0 Å². The van der Waals surface area contributed by atoms with E-state index in [0.717, 1.165) is 32.7 Å². The van der Waals surface area contributed by atoms with Crippen molar-refractivity contribution in [3.05, 3.63) is 33.8 Å². The maximum Gasteiger partial charge on any atom is 0.143 e. The average Bonchev–Trinajstić information content (AvgIpc) is 2.52. The fourth-order valence-corrected chi connectivity index (χ4v) is 3.69. The van der Waals surface area contributed by atoms with Gasteiger partial charge < -0.3 is 0 Å². The molecule has 3 heterocycles.